The van der Waals surface area contributed by atoms with Crippen LogP contribution in [0.25, 0.3) is 0 Å². The lowest BCUT2D eigenvalue weighted by Gasteiger charge is -2.28. The minimum Gasteiger partial charge on any atom is -0.317 e. The highest BCUT2D eigenvalue weighted by Crippen LogP contribution is 2.32. The smallest absolute Gasteiger partial charge is 0.135 e. The van der Waals surface area contributed by atoms with E-state index in [0.29, 0.717) is 11.7 Å². The Labute approximate surface area is 112 Å². The molecule has 1 saturated heterocycles. The highest BCUT2D eigenvalue weighted by atomic mass is 16.1. The number of rotatable bonds is 5. The fourth-order valence-electron chi connectivity index (χ4n) is 3.61. The second-order valence-electron chi connectivity index (χ2n) is 6.32. The molecule has 1 heterocycles. The van der Waals surface area contributed by atoms with Crippen LogP contribution in [0.1, 0.15) is 64.7 Å². The van der Waals surface area contributed by atoms with Crippen LogP contribution in [0.3, 0.4) is 0 Å². The average Bonchev–Trinajstić information content (AvgIpc) is 2.46. The van der Waals surface area contributed by atoms with Crippen LogP contribution in [0.2, 0.25) is 0 Å². The maximum atomic E-state index is 12.2. The first-order chi connectivity index (χ1) is 8.79. The molecule has 0 bridgehead atoms. The number of hydrogen-bond acceptors (Lipinski definition) is 2. The van der Waals surface area contributed by atoms with Crippen LogP contribution < -0.4 is 5.32 Å². The van der Waals surface area contributed by atoms with E-state index in [2.05, 4.69) is 12.2 Å². The number of Topliss-reactive ketones (excluding diaryl/α,β-unsaturated/α-hetero) is 1. The SMILES string of the molecule is CCC1CCC(C(=O)CCC2CCNCC2)CC1. The lowest BCUT2D eigenvalue weighted by molar-refractivity contribution is -0.124. The van der Waals surface area contributed by atoms with Gasteiger partial charge in [-0.15, -0.1) is 0 Å². The van der Waals surface area contributed by atoms with E-state index in [1.807, 2.05) is 0 Å². The molecule has 2 fully saturated rings. The van der Waals surface area contributed by atoms with Crippen LogP contribution in [0.4, 0.5) is 0 Å². The van der Waals surface area contributed by atoms with Crippen molar-refractivity contribution < 1.29 is 4.79 Å². The Bertz CT molecular complexity index is 250. The largest absolute Gasteiger partial charge is 0.317 e. The second-order valence-corrected chi connectivity index (χ2v) is 6.32. The minimum absolute atomic E-state index is 0.412. The molecule has 2 nitrogen and oxygen atoms in total. The molecule has 2 heteroatoms. The van der Waals surface area contributed by atoms with Crippen molar-refractivity contribution in [2.24, 2.45) is 17.8 Å². The third-order valence-corrected chi connectivity index (χ3v) is 5.14. The fraction of sp³-hybridized carbons (Fsp3) is 0.938. The number of nitrogens with one attached hydrogen (secondary N) is 1. The Morgan fingerprint density at radius 3 is 2.28 bits per heavy atom. The van der Waals surface area contributed by atoms with E-state index in [1.54, 1.807) is 0 Å². The summed E-state index contributed by atoms with van der Waals surface area (Å²) < 4.78 is 0. The summed E-state index contributed by atoms with van der Waals surface area (Å²) in [6.45, 7) is 4.59. The molecule has 0 radical (unpaired) electrons. The zero-order chi connectivity index (χ0) is 12.8. The summed E-state index contributed by atoms with van der Waals surface area (Å²) in [4.78, 5) is 12.2. The first kappa shape index (κ1) is 14.0. The van der Waals surface area contributed by atoms with Crippen LogP contribution in [0, 0.1) is 17.8 Å². The topological polar surface area (TPSA) is 29.1 Å². The first-order valence-corrected chi connectivity index (χ1v) is 8.03. The molecule has 1 aliphatic heterocycles. The van der Waals surface area contributed by atoms with Gasteiger partial charge in [-0.2, -0.15) is 0 Å². The van der Waals surface area contributed by atoms with Crippen LogP contribution in [0.5, 0.6) is 0 Å². The molecule has 0 aromatic rings. The summed E-state index contributed by atoms with van der Waals surface area (Å²) >= 11 is 0. The van der Waals surface area contributed by atoms with Crippen LogP contribution in [-0.4, -0.2) is 18.9 Å². The first-order valence-electron chi connectivity index (χ1n) is 8.03. The molecule has 0 aromatic heterocycles. The molecule has 0 amide bonds. The monoisotopic (exact) mass is 251 g/mol. The maximum absolute atomic E-state index is 12.2. The van der Waals surface area contributed by atoms with Gasteiger partial charge in [-0.3, -0.25) is 4.79 Å². The van der Waals surface area contributed by atoms with Gasteiger partial charge in [0.1, 0.15) is 5.78 Å². The Hall–Kier alpha value is -0.370. The van der Waals surface area contributed by atoms with Crippen molar-refractivity contribution in [2.45, 2.75) is 64.7 Å². The van der Waals surface area contributed by atoms with E-state index in [4.69, 9.17) is 0 Å². The average molecular weight is 251 g/mol. The molecule has 104 valence electrons. The minimum atomic E-state index is 0.412. The van der Waals surface area contributed by atoms with Crippen molar-refractivity contribution in [3.05, 3.63) is 0 Å². The number of hydrogen-bond donors (Lipinski definition) is 1. The van der Waals surface area contributed by atoms with Gasteiger partial charge in [-0.05, 0) is 69.9 Å². The van der Waals surface area contributed by atoms with E-state index >= 15 is 0 Å². The summed E-state index contributed by atoms with van der Waals surface area (Å²) in [5.74, 6) is 2.69. The summed E-state index contributed by atoms with van der Waals surface area (Å²) in [5.41, 5.74) is 0. The Morgan fingerprint density at radius 1 is 1.00 bits per heavy atom. The Morgan fingerprint density at radius 2 is 1.67 bits per heavy atom. The molecule has 2 aliphatic rings. The summed E-state index contributed by atoms with van der Waals surface area (Å²) in [5, 5.41) is 3.39. The van der Waals surface area contributed by atoms with Gasteiger partial charge in [-0.1, -0.05) is 13.3 Å². The molecule has 2 rings (SSSR count). The van der Waals surface area contributed by atoms with Crippen LogP contribution >= 0.6 is 0 Å². The van der Waals surface area contributed by atoms with E-state index in [-0.39, 0.29) is 0 Å². The lowest BCUT2D eigenvalue weighted by Crippen LogP contribution is -2.28. The molecule has 1 aliphatic carbocycles. The van der Waals surface area contributed by atoms with Crippen molar-refractivity contribution in [1.82, 2.24) is 5.32 Å². The van der Waals surface area contributed by atoms with Crippen molar-refractivity contribution in [1.29, 1.82) is 0 Å². The van der Waals surface area contributed by atoms with Crippen LogP contribution in [0.15, 0.2) is 0 Å². The van der Waals surface area contributed by atoms with E-state index < -0.39 is 0 Å². The second kappa shape index (κ2) is 7.28. The summed E-state index contributed by atoms with van der Waals surface area (Å²) in [6.07, 6.45) is 10.8. The molecular weight excluding hydrogens is 222 g/mol. The van der Waals surface area contributed by atoms with Crippen molar-refractivity contribution in [3.63, 3.8) is 0 Å². The Kier molecular flexibility index (Phi) is 5.68. The number of piperidine rings is 1. The molecule has 0 aromatic carbocycles. The molecule has 0 unspecified atom stereocenters. The van der Waals surface area contributed by atoms with Gasteiger partial charge in [0.2, 0.25) is 0 Å². The number of ketones is 1. The summed E-state index contributed by atoms with van der Waals surface area (Å²) in [7, 11) is 0. The van der Waals surface area contributed by atoms with Gasteiger partial charge in [0.25, 0.3) is 0 Å². The van der Waals surface area contributed by atoms with Gasteiger partial charge >= 0.3 is 0 Å². The number of carbonyl (C=O) groups excluding carboxylic acids is 1. The molecule has 0 spiro atoms. The van der Waals surface area contributed by atoms with E-state index in [1.165, 1.54) is 44.9 Å². The molecule has 1 N–H and O–H groups in total. The highest BCUT2D eigenvalue weighted by Gasteiger charge is 2.25. The van der Waals surface area contributed by atoms with Crippen molar-refractivity contribution in [2.75, 3.05) is 13.1 Å². The van der Waals surface area contributed by atoms with E-state index in [0.717, 1.165) is 37.8 Å². The highest BCUT2D eigenvalue weighted by molar-refractivity contribution is 5.81. The lowest BCUT2D eigenvalue weighted by atomic mass is 9.77. The van der Waals surface area contributed by atoms with E-state index in [9.17, 15) is 4.79 Å². The normalized spacial score (nSPS) is 30.3. The fourth-order valence-corrected chi connectivity index (χ4v) is 3.61. The standard InChI is InChI=1S/C16H29NO/c1-2-13-3-6-15(7-4-13)16(18)8-5-14-9-11-17-12-10-14/h13-15,17H,2-12H2,1H3. The number of carbonyl (C=O) groups is 1. The predicted octanol–water partition coefficient (Wildman–Crippen LogP) is 3.55. The summed E-state index contributed by atoms with van der Waals surface area (Å²) in [6, 6.07) is 0. The predicted molar refractivity (Wildman–Crippen MR) is 75.6 cm³/mol. The van der Waals surface area contributed by atoms with Gasteiger partial charge in [0, 0.05) is 12.3 Å². The zero-order valence-corrected chi connectivity index (χ0v) is 11.9. The zero-order valence-electron chi connectivity index (χ0n) is 11.9. The van der Waals surface area contributed by atoms with Gasteiger partial charge in [0.05, 0.1) is 0 Å². The quantitative estimate of drug-likeness (QED) is 0.809. The van der Waals surface area contributed by atoms with Gasteiger partial charge < -0.3 is 5.32 Å². The van der Waals surface area contributed by atoms with Crippen molar-refractivity contribution >= 4 is 5.78 Å². The third-order valence-electron chi connectivity index (χ3n) is 5.14. The van der Waals surface area contributed by atoms with Crippen molar-refractivity contribution in [3.8, 4) is 0 Å². The molecule has 0 atom stereocenters. The molecular formula is C16H29NO. The maximum Gasteiger partial charge on any atom is 0.135 e. The Balaban J connectivity index is 1.65. The van der Waals surface area contributed by atoms with Crippen LogP contribution in [-0.2, 0) is 4.79 Å². The van der Waals surface area contributed by atoms with Gasteiger partial charge in [0.15, 0.2) is 0 Å². The third kappa shape index (κ3) is 4.08. The molecule has 18 heavy (non-hydrogen) atoms. The molecule has 1 saturated carbocycles. The van der Waals surface area contributed by atoms with Gasteiger partial charge in [-0.25, -0.2) is 0 Å².